The Bertz CT molecular complexity index is 1190. The Labute approximate surface area is 320 Å². The number of ether oxygens (including phenoxy) is 4. The van der Waals surface area contributed by atoms with E-state index in [0.29, 0.717) is 31.8 Å². The molecule has 4 atom stereocenters. The molecule has 0 heterocycles. The number of hydrogen-bond acceptors (Lipinski definition) is 10. The Hall–Kier alpha value is -2.40. The molecular formula is C41H72O8S2. The van der Waals surface area contributed by atoms with Gasteiger partial charge in [-0.2, -0.15) is 23.5 Å². The average molecular weight is 757 g/mol. The molecule has 8 nitrogen and oxygen atoms in total. The Balaban J connectivity index is -0.00000576. The lowest BCUT2D eigenvalue weighted by Gasteiger charge is -2.25. The Kier molecular flexibility index (Phi) is 27.4. The van der Waals surface area contributed by atoms with Gasteiger partial charge in [0.05, 0.1) is 25.0 Å². The molecule has 0 radical (unpaired) electrons. The highest BCUT2D eigenvalue weighted by Crippen LogP contribution is 2.31. The fraction of sp³-hybridized carbons (Fsp3) is 0.659. The number of thioether (sulfide) groups is 2. The van der Waals surface area contributed by atoms with Crippen molar-refractivity contribution < 1.29 is 38.7 Å². The first-order valence-electron chi connectivity index (χ1n) is 16.4. The molecule has 51 heavy (non-hydrogen) atoms. The maximum atomic E-state index is 13.0. The molecule has 0 amide bonds. The number of rotatable bonds is 20. The van der Waals surface area contributed by atoms with E-state index in [2.05, 4.69) is 6.92 Å². The summed E-state index contributed by atoms with van der Waals surface area (Å²) in [4.78, 5) is 25.6. The predicted molar refractivity (Wildman–Crippen MR) is 219 cm³/mol. The zero-order valence-electron chi connectivity index (χ0n) is 29.5. The summed E-state index contributed by atoms with van der Waals surface area (Å²) in [7, 11) is 0. The third-order valence-corrected chi connectivity index (χ3v) is 9.39. The lowest BCUT2D eigenvalue weighted by Crippen LogP contribution is -2.30. The first kappa shape index (κ1) is 53.0. The molecule has 0 aliphatic rings. The molecule has 0 aliphatic heterocycles. The van der Waals surface area contributed by atoms with Gasteiger partial charge < -0.3 is 29.2 Å². The molecule has 0 aliphatic carbocycles. The molecule has 296 valence electrons. The van der Waals surface area contributed by atoms with Gasteiger partial charge in [-0.1, -0.05) is 67.8 Å². The molecule has 2 aromatic carbocycles. The number of phenols is 2. The highest BCUT2D eigenvalue weighted by Gasteiger charge is 2.28. The quantitative estimate of drug-likeness (QED) is 0.0769. The number of benzene rings is 2. The van der Waals surface area contributed by atoms with Crippen LogP contribution in [-0.4, -0.2) is 76.4 Å². The van der Waals surface area contributed by atoms with Crippen LogP contribution < -0.4 is 0 Å². The second kappa shape index (κ2) is 26.4. The van der Waals surface area contributed by atoms with Crippen molar-refractivity contribution in [3.8, 4) is 11.5 Å². The third kappa shape index (κ3) is 23.0. The lowest BCUT2D eigenvalue weighted by atomic mass is 9.91. The predicted octanol–water partition coefficient (Wildman–Crippen LogP) is 10.7. The average Bonchev–Trinajstić information content (AvgIpc) is 2.97. The van der Waals surface area contributed by atoms with E-state index in [1.165, 1.54) is 0 Å². The van der Waals surface area contributed by atoms with Crippen LogP contribution in [0.5, 0.6) is 11.5 Å². The smallest absolute Gasteiger partial charge is 0.310 e. The van der Waals surface area contributed by atoms with Crippen molar-refractivity contribution in [2.45, 2.75) is 121 Å². The van der Waals surface area contributed by atoms with E-state index in [-0.39, 0.29) is 83.6 Å². The molecular weight excluding hydrogens is 685 g/mol. The summed E-state index contributed by atoms with van der Waals surface area (Å²) in [5.41, 5.74) is 1.08. The SMILES string of the molecule is C.C.C.C.CC(CC(CSCCOCOCCSCC(CC(C)c1ccc(O)cc1)C(=O)OC(C)(C)C)c1ccc(O)cc1)C(=O)OC(C)(C)C. The van der Waals surface area contributed by atoms with Crippen molar-refractivity contribution in [2.75, 3.05) is 43.0 Å². The molecule has 2 rings (SSSR count). The zero-order valence-corrected chi connectivity index (χ0v) is 31.1. The van der Waals surface area contributed by atoms with Gasteiger partial charge in [0.15, 0.2) is 0 Å². The first-order chi connectivity index (χ1) is 22.0. The van der Waals surface area contributed by atoms with Gasteiger partial charge in [0.2, 0.25) is 0 Å². The molecule has 10 heteroatoms. The topological polar surface area (TPSA) is 112 Å². The highest BCUT2D eigenvalue weighted by molar-refractivity contribution is 7.99. The van der Waals surface area contributed by atoms with Crippen LogP contribution in [0.25, 0.3) is 0 Å². The van der Waals surface area contributed by atoms with Crippen molar-refractivity contribution in [3.05, 3.63) is 59.7 Å². The Morgan fingerprint density at radius 1 is 0.647 bits per heavy atom. The van der Waals surface area contributed by atoms with E-state index >= 15 is 0 Å². The standard InChI is InChI=1S/C37H56O8S2.4CH4/c1-26(28-9-13-32(38)14-10-28)21-31(35(41)45-37(6,7)8)24-47-20-18-43-25-42-17-19-46-23-30(29-11-15-33(39)16-12-29)22-27(2)34(40)44-36(3,4)5;;;;/h9-16,26-27,30-31,38-39H,17-25H2,1-8H3;4*1H4. The van der Waals surface area contributed by atoms with E-state index in [4.69, 9.17) is 18.9 Å². The van der Waals surface area contributed by atoms with Gasteiger partial charge in [0, 0.05) is 23.0 Å². The van der Waals surface area contributed by atoms with Crippen molar-refractivity contribution >= 4 is 35.5 Å². The number of carbonyl (C=O) groups is 2. The van der Waals surface area contributed by atoms with Crippen LogP contribution >= 0.6 is 23.5 Å². The number of esters is 2. The molecule has 0 saturated heterocycles. The minimum Gasteiger partial charge on any atom is -0.508 e. The molecule has 0 fully saturated rings. The Morgan fingerprint density at radius 2 is 1.08 bits per heavy atom. The van der Waals surface area contributed by atoms with Crippen LogP contribution in [0, 0.1) is 11.8 Å². The van der Waals surface area contributed by atoms with Gasteiger partial charge in [-0.3, -0.25) is 9.59 Å². The second-order valence-corrected chi connectivity index (χ2v) is 16.3. The van der Waals surface area contributed by atoms with E-state index in [1.807, 2.05) is 72.7 Å². The van der Waals surface area contributed by atoms with Gasteiger partial charge in [-0.15, -0.1) is 0 Å². The monoisotopic (exact) mass is 756 g/mol. The van der Waals surface area contributed by atoms with Crippen LogP contribution in [0.3, 0.4) is 0 Å². The largest absolute Gasteiger partial charge is 0.508 e. The summed E-state index contributed by atoms with van der Waals surface area (Å²) in [6.45, 7) is 16.5. The molecule has 0 bridgehead atoms. The van der Waals surface area contributed by atoms with Crippen LogP contribution in [0.15, 0.2) is 48.5 Å². The molecule has 0 aromatic heterocycles. The summed E-state index contributed by atoms with van der Waals surface area (Å²) in [6, 6.07) is 14.3. The lowest BCUT2D eigenvalue weighted by molar-refractivity contribution is -0.160. The van der Waals surface area contributed by atoms with Crippen molar-refractivity contribution in [1.29, 1.82) is 0 Å². The van der Waals surface area contributed by atoms with Crippen molar-refractivity contribution in [2.24, 2.45) is 11.8 Å². The summed E-state index contributed by atoms with van der Waals surface area (Å²) in [6.07, 6.45) is 1.31. The van der Waals surface area contributed by atoms with Gasteiger partial charge in [0.25, 0.3) is 0 Å². The maximum Gasteiger partial charge on any atom is 0.310 e. The zero-order chi connectivity index (χ0) is 35.0. The van der Waals surface area contributed by atoms with Crippen LogP contribution in [-0.2, 0) is 28.5 Å². The fourth-order valence-corrected chi connectivity index (χ4v) is 6.79. The fourth-order valence-electron chi connectivity index (χ4n) is 4.82. The third-order valence-electron chi connectivity index (χ3n) is 7.20. The second-order valence-electron chi connectivity index (χ2n) is 14.0. The van der Waals surface area contributed by atoms with E-state index < -0.39 is 11.2 Å². The normalized spacial score (nSPS) is 13.5. The first-order valence-corrected chi connectivity index (χ1v) is 18.7. The van der Waals surface area contributed by atoms with Crippen LogP contribution in [0.4, 0.5) is 0 Å². The number of aromatic hydroxyl groups is 2. The number of phenolic OH excluding ortho intramolecular Hbond substituents is 2. The van der Waals surface area contributed by atoms with E-state index in [9.17, 15) is 19.8 Å². The molecule has 4 unspecified atom stereocenters. The van der Waals surface area contributed by atoms with Crippen LogP contribution in [0.2, 0.25) is 0 Å². The van der Waals surface area contributed by atoms with Crippen molar-refractivity contribution in [3.63, 3.8) is 0 Å². The number of carbonyl (C=O) groups excluding carboxylic acids is 2. The summed E-state index contributed by atoms with van der Waals surface area (Å²) in [5.74, 6) is 2.77. The molecule has 0 saturated carbocycles. The maximum absolute atomic E-state index is 13.0. The van der Waals surface area contributed by atoms with Crippen molar-refractivity contribution in [1.82, 2.24) is 0 Å². The molecule has 0 spiro atoms. The minimum atomic E-state index is -0.550. The van der Waals surface area contributed by atoms with Gasteiger partial charge in [0.1, 0.15) is 29.5 Å². The summed E-state index contributed by atoms with van der Waals surface area (Å²) >= 11 is 3.42. The van der Waals surface area contributed by atoms with Gasteiger partial charge >= 0.3 is 11.9 Å². The molecule has 2 N–H and O–H groups in total. The van der Waals surface area contributed by atoms with Crippen LogP contribution in [0.1, 0.15) is 121 Å². The van der Waals surface area contributed by atoms with Gasteiger partial charge in [-0.05, 0) is 102 Å². The number of hydrogen-bond donors (Lipinski definition) is 2. The Morgan fingerprint density at radius 3 is 1.55 bits per heavy atom. The van der Waals surface area contributed by atoms with E-state index in [1.54, 1.807) is 47.8 Å². The van der Waals surface area contributed by atoms with Gasteiger partial charge in [-0.25, -0.2) is 0 Å². The summed E-state index contributed by atoms with van der Waals surface area (Å²) in [5, 5.41) is 19.3. The molecule has 2 aromatic rings. The minimum absolute atomic E-state index is 0. The summed E-state index contributed by atoms with van der Waals surface area (Å²) < 4.78 is 22.7. The highest BCUT2D eigenvalue weighted by atomic mass is 32.2. The van der Waals surface area contributed by atoms with E-state index in [0.717, 1.165) is 28.4 Å².